The van der Waals surface area contributed by atoms with Crippen molar-refractivity contribution < 1.29 is 13.9 Å². The summed E-state index contributed by atoms with van der Waals surface area (Å²) in [5.74, 6) is 0.480. The average molecular weight is 408 g/mol. The van der Waals surface area contributed by atoms with E-state index in [2.05, 4.69) is 15.6 Å². The van der Waals surface area contributed by atoms with Crippen LogP contribution in [-0.4, -0.2) is 67.2 Å². The molecule has 0 aliphatic carbocycles. The van der Waals surface area contributed by atoms with E-state index < -0.39 is 5.60 Å². The molecule has 0 aromatic heterocycles. The van der Waals surface area contributed by atoms with Crippen molar-refractivity contribution in [2.24, 2.45) is 4.99 Å². The fourth-order valence-corrected chi connectivity index (χ4v) is 2.92. The molecule has 1 saturated heterocycles. The summed E-state index contributed by atoms with van der Waals surface area (Å²) in [6.07, 6.45) is -0.294. The van der Waals surface area contributed by atoms with Crippen molar-refractivity contribution in [3.8, 4) is 0 Å². The molecule has 8 heteroatoms. The third-order valence-electron chi connectivity index (χ3n) is 4.23. The number of halogens is 1. The zero-order chi connectivity index (χ0) is 21.6. The molecule has 29 heavy (non-hydrogen) atoms. The number of likely N-dealkylation sites (tertiary alicyclic amines) is 1. The molecule has 7 nitrogen and oxygen atoms in total. The van der Waals surface area contributed by atoms with E-state index in [1.807, 2.05) is 52.8 Å². The number of amides is 1. The van der Waals surface area contributed by atoms with Gasteiger partial charge in [-0.3, -0.25) is 0 Å². The lowest BCUT2D eigenvalue weighted by Crippen LogP contribution is -2.63. The zero-order valence-corrected chi connectivity index (χ0v) is 18.4. The van der Waals surface area contributed by atoms with Crippen LogP contribution in [0.4, 0.5) is 9.18 Å². The van der Waals surface area contributed by atoms with Crippen LogP contribution in [0.1, 0.15) is 38.8 Å². The minimum atomic E-state index is -0.493. The van der Waals surface area contributed by atoms with Crippen LogP contribution in [0.5, 0.6) is 0 Å². The van der Waals surface area contributed by atoms with Gasteiger partial charge in [-0.1, -0.05) is 6.07 Å². The molecule has 1 heterocycles. The number of hydrogen-bond acceptors (Lipinski definition) is 4. The molecule has 2 rings (SSSR count). The van der Waals surface area contributed by atoms with Crippen LogP contribution in [0.15, 0.2) is 23.2 Å². The van der Waals surface area contributed by atoms with E-state index in [4.69, 9.17) is 4.74 Å². The van der Waals surface area contributed by atoms with Gasteiger partial charge in [-0.2, -0.15) is 0 Å². The predicted octanol–water partition coefficient (Wildman–Crippen LogP) is 2.56. The summed E-state index contributed by atoms with van der Waals surface area (Å²) < 4.78 is 19.3. The summed E-state index contributed by atoms with van der Waals surface area (Å²) >= 11 is 0. The molecule has 0 saturated carbocycles. The molecule has 1 aliphatic rings. The third-order valence-corrected chi connectivity index (χ3v) is 4.23. The van der Waals surface area contributed by atoms with Gasteiger partial charge in [-0.05, 0) is 59.5 Å². The molecule has 1 amide bonds. The molecular formula is C21H34FN5O2. The first kappa shape index (κ1) is 22.9. The second kappa shape index (κ2) is 9.91. The highest BCUT2D eigenvalue weighted by molar-refractivity contribution is 5.80. The molecule has 2 N–H and O–H groups in total. The number of hydrogen-bond donors (Lipinski definition) is 2. The van der Waals surface area contributed by atoms with Crippen molar-refractivity contribution >= 4 is 12.1 Å². The Hall–Kier alpha value is -2.35. The number of ether oxygens (including phenoxy) is 1. The van der Waals surface area contributed by atoms with Gasteiger partial charge in [0.25, 0.3) is 0 Å². The Morgan fingerprint density at radius 3 is 2.62 bits per heavy atom. The van der Waals surface area contributed by atoms with E-state index in [1.165, 1.54) is 6.07 Å². The molecule has 0 unspecified atom stereocenters. The Labute approximate surface area is 173 Å². The first-order chi connectivity index (χ1) is 13.6. The van der Waals surface area contributed by atoms with Crippen LogP contribution < -0.4 is 10.6 Å². The van der Waals surface area contributed by atoms with Gasteiger partial charge in [0.15, 0.2) is 5.96 Å². The molecule has 1 aliphatic heterocycles. The lowest BCUT2D eigenvalue weighted by molar-refractivity contribution is 0.00700. The van der Waals surface area contributed by atoms with E-state index >= 15 is 0 Å². The van der Waals surface area contributed by atoms with Crippen LogP contribution in [0.3, 0.4) is 0 Å². The van der Waals surface area contributed by atoms with Gasteiger partial charge in [-0.15, -0.1) is 0 Å². The maximum Gasteiger partial charge on any atom is 0.410 e. The van der Waals surface area contributed by atoms with E-state index in [1.54, 1.807) is 11.0 Å². The Kier molecular flexibility index (Phi) is 7.84. The quantitative estimate of drug-likeness (QED) is 0.560. The number of carbonyl (C=O) groups excluding carboxylic acids is 1. The number of nitrogens with zero attached hydrogens (tertiary/aromatic N) is 3. The van der Waals surface area contributed by atoms with Crippen LogP contribution in [0.25, 0.3) is 0 Å². The molecule has 0 radical (unpaired) electrons. The summed E-state index contributed by atoms with van der Waals surface area (Å²) in [5, 5.41) is 6.55. The van der Waals surface area contributed by atoms with Crippen LogP contribution in [0.2, 0.25) is 0 Å². The Morgan fingerprint density at radius 2 is 2.03 bits per heavy atom. The van der Waals surface area contributed by atoms with Gasteiger partial charge >= 0.3 is 6.09 Å². The molecular weight excluding hydrogens is 373 g/mol. The van der Waals surface area contributed by atoms with E-state index in [9.17, 15) is 9.18 Å². The highest BCUT2D eigenvalue weighted by atomic mass is 19.1. The maximum absolute atomic E-state index is 14.0. The van der Waals surface area contributed by atoms with Gasteiger partial charge in [0.1, 0.15) is 11.4 Å². The summed E-state index contributed by atoms with van der Waals surface area (Å²) in [5.41, 5.74) is 1.11. The van der Waals surface area contributed by atoms with Crippen LogP contribution >= 0.6 is 0 Å². The summed E-state index contributed by atoms with van der Waals surface area (Å²) in [4.78, 5) is 20.3. The summed E-state index contributed by atoms with van der Waals surface area (Å²) in [6.45, 7) is 10.4. The van der Waals surface area contributed by atoms with Gasteiger partial charge < -0.3 is 25.2 Å². The monoisotopic (exact) mass is 407 g/mol. The van der Waals surface area contributed by atoms with Gasteiger partial charge in [-0.25, -0.2) is 14.2 Å². The highest BCUT2D eigenvalue weighted by Crippen LogP contribution is 2.16. The smallest absolute Gasteiger partial charge is 0.410 e. The zero-order valence-electron chi connectivity index (χ0n) is 18.4. The largest absolute Gasteiger partial charge is 0.444 e. The van der Waals surface area contributed by atoms with Gasteiger partial charge in [0.2, 0.25) is 0 Å². The molecule has 0 spiro atoms. The average Bonchev–Trinajstić information content (AvgIpc) is 2.55. The number of aliphatic imine (C=N–C) groups is 1. The lowest BCUT2D eigenvalue weighted by Gasteiger charge is -2.40. The molecule has 0 bridgehead atoms. The first-order valence-electron chi connectivity index (χ1n) is 10.0. The molecule has 1 aromatic rings. The maximum atomic E-state index is 14.0. The van der Waals surface area contributed by atoms with E-state index in [0.717, 1.165) is 12.1 Å². The SMILES string of the molecule is CCNC(=NCc1ccc(F)c(CN(C)C)c1)NC1CN(C(=O)OC(C)(C)C)C1. The lowest BCUT2D eigenvalue weighted by atomic mass is 10.1. The normalized spacial score (nSPS) is 15.3. The highest BCUT2D eigenvalue weighted by Gasteiger charge is 2.34. The number of rotatable bonds is 6. The Balaban J connectivity index is 1.92. The number of nitrogens with one attached hydrogen (secondary N) is 2. The van der Waals surface area contributed by atoms with Crippen molar-refractivity contribution in [1.82, 2.24) is 20.4 Å². The number of carbonyl (C=O) groups is 1. The predicted molar refractivity (Wildman–Crippen MR) is 113 cm³/mol. The van der Waals surface area contributed by atoms with Crippen LogP contribution in [0, 0.1) is 5.82 Å². The topological polar surface area (TPSA) is 69.2 Å². The summed E-state index contributed by atoms with van der Waals surface area (Å²) in [6, 6.07) is 5.23. The minimum absolute atomic E-state index is 0.123. The number of guanidine groups is 1. The number of benzene rings is 1. The third kappa shape index (κ3) is 7.53. The van der Waals surface area contributed by atoms with Gasteiger partial charge in [0, 0.05) is 31.7 Å². The minimum Gasteiger partial charge on any atom is -0.444 e. The van der Waals surface area contributed by atoms with Crippen molar-refractivity contribution in [3.05, 3.63) is 35.1 Å². The van der Waals surface area contributed by atoms with E-state index in [0.29, 0.717) is 37.7 Å². The van der Waals surface area contributed by atoms with Crippen molar-refractivity contribution in [3.63, 3.8) is 0 Å². The Bertz CT molecular complexity index is 724. The van der Waals surface area contributed by atoms with Gasteiger partial charge in [0.05, 0.1) is 12.6 Å². The fourth-order valence-electron chi connectivity index (χ4n) is 2.92. The second-order valence-corrected chi connectivity index (χ2v) is 8.59. The van der Waals surface area contributed by atoms with Crippen molar-refractivity contribution in [1.29, 1.82) is 0 Å². The standard InChI is InChI=1S/C21H34FN5O2/c1-7-23-19(25-17-13-27(14-17)20(28)29-21(2,3)4)24-11-15-8-9-18(22)16(10-15)12-26(5)6/h8-10,17H,7,11-14H2,1-6H3,(H2,23,24,25). The second-order valence-electron chi connectivity index (χ2n) is 8.59. The van der Waals surface area contributed by atoms with Crippen LogP contribution in [-0.2, 0) is 17.8 Å². The molecule has 1 fully saturated rings. The molecule has 1 aromatic carbocycles. The van der Waals surface area contributed by atoms with Crippen molar-refractivity contribution in [2.45, 2.75) is 52.4 Å². The van der Waals surface area contributed by atoms with Crippen molar-refractivity contribution in [2.75, 3.05) is 33.7 Å². The Morgan fingerprint density at radius 1 is 1.34 bits per heavy atom. The van der Waals surface area contributed by atoms with E-state index in [-0.39, 0.29) is 18.0 Å². The summed E-state index contributed by atoms with van der Waals surface area (Å²) in [7, 11) is 3.83. The molecule has 162 valence electrons. The fraction of sp³-hybridized carbons (Fsp3) is 0.619. The molecule has 0 atom stereocenters. The first-order valence-corrected chi connectivity index (χ1v) is 10.0.